The van der Waals surface area contributed by atoms with E-state index in [-0.39, 0.29) is 0 Å². The average molecular weight is 243 g/mol. The summed E-state index contributed by atoms with van der Waals surface area (Å²) in [5.41, 5.74) is 0. The molecule has 0 spiro atoms. The summed E-state index contributed by atoms with van der Waals surface area (Å²) in [6.07, 6.45) is 1.12. The van der Waals surface area contributed by atoms with E-state index in [1.165, 1.54) is 0 Å². The second-order valence-corrected chi connectivity index (χ2v) is 5.27. The number of ether oxygens (including phenoxy) is 1. The molecule has 0 aromatic carbocycles. The fraction of sp³-hybridized carbons (Fsp3) is 1.00. The Morgan fingerprint density at radius 2 is 2.12 bits per heavy atom. The van der Waals surface area contributed by atoms with E-state index in [1.807, 2.05) is 0 Å². The topological polar surface area (TPSA) is 27.7 Å². The summed E-state index contributed by atoms with van der Waals surface area (Å²) in [5.74, 6) is 0. The van der Waals surface area contributed by atoms with Gasteiger partial charge < -0.3 is 15.0 Å². The fourth-order valence-electron chi connectivity index (χ4n) is 2.89. The summed E-state index contributed by atoms with van der Waals surface area (Å²) in [6.45, 7) is 8.49. The van der Waals surface area contributed by atoms with Crippen molar-refractivity contribution in [1.29, 1.82) is 0 Å². The van der Waals surface area contributed by atoms with Crippen molar-refractivity contribution in [3.05, 3.63) is 0 Å². The van der Waals surface area contributed by atoms with Gasteiger partial charge in [0.05, 0.1) is 6.61 Å². The number of likely N-dealkylation sites (N-methyl/N-ethyl adjacent to an activating group) is 3. The Morgan fingerprint density at radius 1 is 1.41 bits per heavy atom. The van der Waals surface area contributed by atoms with Crippen molar-refractivity contribution in [3.63, 3.8) is 0 Å². The SMILES string of the molecule is CCN(C(C)CN(C)C)C1COCCC1NC. The number of nitrogens with one attached hydrogen (secondary N) is 1. The van der Waals surface area contributed by atoms with E-state index in [0.29, 0.717) is 18.1 Å². The lowest BCUT2D eigenvalue weighted by atomic mass is 10.00. The summed E-state index contributed by atoms with van der Waals surface area (Å²) in [6, 6.07) is 1.64. The van der Waals surface area contributed by atoms with Crippen molar-refractivity contribution in [1.82, 2.24) is 15.1 Å². The Labute approximate surface area is 106 Å². The molecule has 1 N–H and O–H groups in total. The second kappa shape index (κ2) is 7.31. The van der Waals surface area contributed by atoms with Crippen LogP contribution < -0.4 is 5.32 Å². The predicted octanol–water partition coefficient (Wildman–Crippen LogP) is 0.635. The largest absolute Gasteiger partial charge is 0.380 e. The van der Waals surface area contributed by atoms with Crippen LogP contribution in [0.25, 0.3) is 0 Å². The molecular weight excluding hydrogens is 214 g/mol. The van der Waals surface area contributed by atoms with Crippen molar-refractivity contribution < 1.29 is 4.74 Å². The molecule has 4 nitrogen and oxygen atoms in total. The van der Waals surface area contributed by atoms with Gasteiger partial charge in [-0.1, -0.05) is 6.92 Å². The van der Waals surface area contributed by atoms with Gasteiger partial charge in [0, 0.05) is 31.3 Å². The molecule has 1 fully saturated rings. The van der Waals surface area contributed by atoms with E-state index in [1.54, 1.807) is 0 Å². The Hall–Kier alpha value is -0.160. The lowest BCUT2D eigenvalue weighted by molar-refractivity contribution is -0.0167. The van der Waals surface area contributed by atoms with Crippen molar-refractivity contribution in [2.24, 2.45) is 0 Å². The zero-order chi connectivity index (χ0) is 12.8. The van der Waals surface area contributed by atoms with Crippen LogP contribution in [0.15, 0.2) is 0 Å². The molecular formula is C13H29N3O. The van der Waals surface area contributed by atoms with E-state index in [9.17, 15) is 0 Å². The molecule has 0 aromatic heterocycles. The molecule has 0 amide bonds. The van der Waals surface area contributed by atoms with Gasteiger partial charge in [-0.25, -0.2) is 0 Å². The summed E-state index contributed by atoms with van der Waals surface area (Å²) >= 11 is 0. The highest BCUT2D eigenvalue weighted by Gasteiger charge is 2.31. The molecule has 0 radical (unpaired) electrons. The van der Waals surface area contributed by atoms with Crippen LogP contribution in [-0.4, -0.2) is 75.4 Å². The van der Waals surface area contributed by atoms with Gasteiger partial charge in [0.2, 0.25) is 0 Å². The average Bonchev–Trinajstić information content (AvgIpc) is 2.29. The van der Waals surface area contributed by atoms with Crippen molar-refractivity contribution in [2.75, 3.05) is 47.4 Å². The lowest BCUT2D eigenvalue weighted by Gasteiger charge is -2.42. The van der Waals surface area contributed by atoms with Crippen LogP contribution >= 0.6 is 0 Å². The summed E-state index contributed by atoms with van der Waals surface area (Å²) in [5, 5.41) is 3.44. The van der Waals surface area contributed by atoms with Crippen LogP contribution in [0, 0.1) is 0 Å². The Morgan fingerprint density at radius 3 is 2.65 bits per heavy atom. The highest BCUT2D eigenvalue weighted by molar-refractivity contribution is 4.88. The van der Waals surface area contributed by atoms with Gasteiger partial charge in [-0.2, -0.15) is 0 Å². The molecule has 0 saturated carbocycles. The standard InChI is InChI=1S/C13H29N3O/c1-6-16(11(2)9-15(4)5)13-10-17-8-7-12(13)14-3/h11-14H,6-10H2,1-5H3. The van der Waals surface area contributed by atoms with Crippen LogP contribution in [-0.2, 0) is 4.74 Å². The first-order chi connectivity index (χ1) is 8.10. The first kappa shape index (κ1) is 14.9. The highest BCUT2D eigenvalue weighted by atomic mass is 16.5. The lowest BCUT2D eigenvalue weighted by Crippen LogP contribution is -2.58. The molecule has 0 bridgehead atoms. The molecule has 3 atom stereocenters. The number of nitrogens with zero attached hydrogens (tertiary/aromatic N) is 2. The molecule has 1 rings (SSSR count). The smallest absolute Gasteiger partial charge is 0.0637 e. The quantitative estimate of drug-likeness (QED) is 0.741. The summed E-state index contributed by atoms with van der Waals surface area (Å²) in [7, 11) is 6.34. The van der Waals surface area contributed by atoms with E-state index in [0.717, 1.165) is 32.7 Å². The Bertz CT molecular complexity index is 211. The van der Waals surface area contributed by atoms with Crippen LogP contribution in [0.4, 0.5) is 0 Å². The van der Waals surface area contributed by atoms with E-state index in [2.05, 4.69) is 50.1 Å². The van der Waals surface area contributed by atoms with Crippen LogP contribution in [0.1, 0.15) is 20.3 Å². The highest BCUT2D eigenvalue weighted by Crippen LogP contribution is 2.17. The molecule has 1 aliphatic rings. The number of hydrogen-bond acceptors (Lipinski definition) is 4. The van der Waals surface area contributed by atoms with Gasteiger partial charge in [0.1, 0.15) is 0 Å². The third kappa shape index (κ3) is 4.21. The molecule has 3 unspecified atom stereocenters. The first-order valence-corrected chi connectivity index (χ1v) is 6.75. The van der Waals surface area contributed by atoms with E-state index < -0.39 is 0 Å². The Balaban J connectivity index is 2.63. The van der Waals surface area contributed by atoms with Crippen molar-refractivity contribution >= 4 is 0 Å². The normalized spacial score (nSPS) is 27.7. The first-order valence-electron chi connectivity index (χ1n) is 6.75. The van der Waals surface area contributed by atoms with Gasteiger partial charge in [0.15, 0.2) is 0 Å². The minimum Gasteiger partial charge on any atom is -0.380 e. The molecule has 1 heterocycles. The maximum absolute atomic E-state index is 5.66. The van der Waals surface area contributed by atoms with E-state index in [4.69, 9.17) is 4.74 Å². The molecule has 1 saturated heterocycles. The van der Waals surface area contributed by atoms with Crippen LogP contribution in [0.5, 0.6) is 0 Å². The van der Waals surface area contributed by atoms with E-state index >= 15 is 0 Å². The second-order valence-electron chi connectivity index (χ2n) is 5.27. The molecule has 0 aromatic rings. The minimum absolute atomic E-state index is 0.508. The van der Waals surface area contributed by atoms with Gasteiger partial charge >= 0.3 is 0 Å². The zero-order valence-electron chi connectivity index (χ0n) is 12.1. The molecule has 1 aliphatic heterocycles. The van der Waals surface area contributed by atoms with Crippen LogP contribution in [0.3, 0.4) is 0 Å². The molecule has 102 valence electrons. The van der Waals surface area contributed by atoms with Gasteiger partial charge in [-0.05, 0) is 41.0 Å². The zero-order valence-corrected chi connectivity index (χ0v) is 12.1. The number of hydrogen-bond donors (Lipinski definition) is 1. The maximum atomic E-state index is 5.66. The van der Waals surface area contributed by atoms with Gasteiger partial charge in [-0.3, -0.25) is 4.90 Å². The van der Waals surface area contributed by atoms with Crippen molar-refractivity contribution in [3.8, 4) is 0 Å². The monoisotopic (exact) mass is 243 g/mol. The summed E-state index contributed by atoms with van der Waals surface area (Å²) in [4.78, 5) is 4.83. The third-order valence-electron chi connectivity index (χ3n) is 3.68. The molecule has 0 aliphatic carbocycles. The maximum Gasteiger partial charge on any atom is 0.0637 e. The minimum atomic E-state index is 0.508. The molecule has 17 heavy (non-hydrogen) atoms. The Kier molecular flexibility index (Phi) is 6.41. The van der Waals surface area contributed by atoms with Crippen LogP contribution in [0.2, 0.25) is 0 Å². The third-order valence-corrected chi connectivity index (χ3v) is 3.68. The number of rotatable bonds is 6. The van der Waals surface area contributed by atoms with Crippen molar-refractivity contribution in [2.45, 2.75) is 38.4 Å². The van der Waals surface area contributed by atoms with Gasteiger partial charge in [0.25, 0.3) is 0 Å². The fourth-order valence-corrected chi connectivity index (χ4v) is 2.89. The molecule has 4 heteroatoms. The van der Waals surface area contributed by atoms with Gasteiger partial charge in [-0.15, -0.1) is 0 Å². The predicted molar refractivity (Wildman–Crippen MR) is 72.5 cm³/mol. The summed E-state index contributed by atoms with van der Waals surface area (Å²) < 4.78 is 5.66.